The lowest BCUT2D eigenvalue weighted by molar-refractivity contribution is 0.326. The van der Waals surface area contributed by atoms with Gasteiger partial charge < -0.3 is 11.1 Å². The number of thiocarbonyl (C=S) groups is 1. The Morgan fingerprint density at radius 3 is 2.94 bits per heavy atom. The molecule has 1 saturated carbocycles. The van der Waals surface area contributed by atoms with Crippen LogP contribution in [0.2, 0.25) is 0 Å². The second-order valence-corrected chi connectivity index (χ2v) is 5.57. The highest BCUT2D eigenvalue weighted by Crippen LogP contribution is 2.30. The molecule has 2 fully saturated rings. The van der Waals surface area contributed by atoms with E-state index in [2.05, 4.69) is 15.2 Å². The van der Waals surface area contributed by atoms with Crippen LogP contribution in [0.1, 0.15) is 25.0 Å². The topological polar surface area (TPSA) is 54.2 Å². The molecular formula is C13H18N4S. The summed E-state index contributed by atoms with van der Waals surface area (Å²) in [5, 5.41) is 3.48. The summed E-state index contributed by atoms with van der Waals surface area (Å²) in [6.07, 6.45) is 3.94. The van der Waals surface area contributed by atoms with E-state index in [0.717, 1.165) is 18.4 Å². The molecule has 1 saturated heterocycles. The van der Waals surface area contributed by atoms with E-state index in [0.29, 0.717) is 16.7 Å². The summed E-state index contributed by atoms with van der Waals surface area (Å²) in [7, 11) is 0. The Kier molecular flexibility index (Phi) is 3.18. The van der Waals surface area contributed by atoms with Gasteiger partial charge in [-0.05, 0) is 31.4 Å². The molecule has 5 heteroatoms. The minimum atomic E-state index is 0.352. The highest BCUT2D eigenvalue weighted by molar-refractivity contribution is 7.80. The number of likely N-dealkylation sites (tertiary alicyclic amines) is 1. The summed E-state index contributed by atoms with van der Waals surface area (Å²) in [5.74, 6) is 0.878. The van der Waals surface area contributed by atoms with Crippen LogP contribution in [0.25, 0.3) is 0 Å². The Hall–Kier alpha value is -1.20. The average Bonchev–Trinajstić information content (AvgIpc) is 3.11. The summed E-state index contributed by atoms with van der Waals surface area (Å²) in [5.41, 5.74) is 6.28. The van der Waals surface area contributed by atoms with E-state index in [-0.39, 0.29) is 0 Å². The quantitative estimate of drug-likeness (QED) is 0.803. The Bertz CT molecular complexity index is 458. The molecule has 1 aliphatic carbocycles. The smallest absolute Gasteiger partial charge is 0.126 e. The van der Waals surface area contributed by atoms with Crippen molar-refractivity contribution in [3.05, 3.63) is 23.9 Å². The van der Waals surface area contributed by atoms with Gasteiger partial charge in [-0.25, -0.2) is 4.98 Å². The van der Waals surface area contributed by atoms with Crippen molar-refractivity contribution in [3.63, 3.8) is 0 Å². The predicted molar refractivity (Wildman–Crippen MR) is 76.7 cm³/mol. The molecule has 18 heavy (non-hydrogen) atoms. The zero-order valence-electron chi connectivity index (χ0n) is 10.3. The van der Waals surface area contributed by atoms with E-state index in [1.165, 1.54) is 25.8 Å². The van der Waals surface area contributed by atoms with Crippen molar-refractivity contribution in [1.29, 1.82) is 0 Å². The van der Waals surface area contributed by atoms with E-state index in [1.54, 1.807) is 0 Å². The fourth-order valence-electron chi connectivity index (χ4n) is 2.54. The molecule has 1 atom stereocenters. The van der Waals surface area contributed by atoms with Crippen LogP contribution in [0, 0.1) is 0 Å². The molecule has 0 aromatic carbocycles. The second kappa shape index (κ2) is 4.82. The summed E-state index contributed by atoms with van der Waals surface area (Å²) in [6, 6.07) is 7.12. The minimum Gasteiger partial charge on any atom is -0.388 e. The van der Waals surface area contributed by atoms with Crippen molar-refractivity contribution in [3.8, 4) is 0 Å². The van der Waals surface area contributed by atoms with E-state index < -0.39 is 0 Å². The largest absolute Gasteiger partial charge is 0.388 e. The summed E-state index contributed by atoms with van der Waals surface area (Å²) >= 11 is 4.94. The van der Waals surface area contributed by atoms with Gasteiger partial charge in [-0.2, -0.15) is 0 Å². The van der Waals surface area contributed by atoms with Gasteiger partial charge in [0.05, 0.1) is 5.69 Å². The Labute approximate surface area is 113 Å². The van der Waals surface area contributed by atoms with Crippen LogP contribution in [0.3, 0.4) is 0 Å². The monoisotopic (exact) mass is 262 g/mol. The van der Waals surface area contributed by atoms with Crippen LogP contribution in [0.15, 0.2) is 18.2 Å². The van der Waals surface area contributed by atoms with Gasteiger partial charge in [-0.3, -0.25) is 4.90 Å². The maximum atomic E-state index is 5.59. The lowest BCUT2D eigenvalue weighted by atomic mass is 10.2. The first kappa shape index (κ1) is 11.9. The highest BCUT2D eigenvalue weighted by atomic mass is 32.1. The number of anilines is 1. The SMILES string of the molecule is NC(=S)c1cccc(NC2CCN(C3CC3)C2)n1. The van der Waals surface area contributed by atoms with Crippen LogP contribution in [0.5, 0.6) is 0 Å². The predicted octanol–water partition coefficient (Wildman–Crippen LogP) is 1.36. The number of nitrogens with zero attached hydrogens (tertiary/aromatic N) is 2. The van der Waals surface area contributed by atoms with Crippen LogP contribution < -0.4 is 11.1 Å². The summed E-state index contributed by atoms with van der Waals surface area (Å²) < 4.78 is 0. The fraction of sp³-hybridized carbons (Fsp3) is 0.538. The van der Waals surface area contributed by atoms with Crippen LogP contribution in [0.4, 0.5) is 5.82 Å². The van der Waals surface area contributed by atoms with Crippen molar-refractivity contribution in [2.45, 2.75) is 31.3 Å². The Balaban J connectivity index is 1.62. The van der Waals surface area contributed by atoms with E-state index in [9.17, 15) is 0 Å². The maximum Gasteiger partial charge on any atom is 0.126 e. The van der Waals surface area contributed by atoms with Crippen molar-refractivity contribution in [2.75, 3.05) is 18.4 Å². The van der Waals surface area contributed by atoms with E-state index in [4.69, 9.17) is 18.0 Å². The molecule has 2 heterocycles. The van der Waals surface area contributed by atoms with Crippen LogP contribution >= 0.6 is 12.2 Å². The minimum absolute atomic E-state index is 0.352. The summed E-state index contributed by atoms with van der Waals surface area (Å²) in [6.45, 7) is 2.33. The van der Waals surface area contributed by atoms with E-state index >= 15 is 0 Å². The first-order chi connectivity index (χ1) is 8.72. The molecule has 96 valence electrons. The normalized spacial score (nSPS) is 24.1. The number of pyridine rings is 1. The molecule has 1 aliphatic heterocycles. The highest BCUT2D eigenvalue weighted by Gasteiger charge is 2.34. The van der Waals surface area contributed by atoms with Gasteiger partial charge in [0.15, 0.2) is 0 Å². The third-order valence-corrected chi connectivity index (χ3v) is 3.85. The second-order valence-electron chi connectivity index (χ2n) is 5.13. The van der Waals surface area contributed by atoms with Gasteiger partial charge in [-0.15, -0.1) is 0 Å². The zero-order valence-corrected chi connectivity index (χ0v) is 11.1. The third-order valence-electron chi connectivity index (χ3n) is 3.64. The zero-order chi connectivity index (χ0) is 12.5. The Morgan fingerprint density at radius 1 is 1.39 bits per heavy atom. The van der Waals surface area contributed by atoms with Gasteiger partial charge in [0.25, 0.3) is 0 Å². The molecule has 3 rings (SSSR count). The van der Waals surface area contributed by atoms with Crippen molar-refractivity contribution >= 4 is 23.0 Å². The number of aromatic nitrogens is 1. The lowest BCUT2D eigenvalue weighted by Crippen LogP contribution is -2.28. The number of nitrogens with one attached hydrogen (secondary N) is 1. The molecule has 1 aromatic heterocycles. The number of rotatable bonds is 4. The number of nitrogens with two attached hydrogens (primary N) is 1. The number of hydrogen-bond acceptors (Lipinski definition) is 4. The van der Waals surface area contributed by atoms with Crippen molar-refractivity contribution in [1.82, 2.24) is 9.88 Å². The average molecular weight is 262 g/mol. The molecule has 2 aliphatic rings. The maximum absolute atomic E-state index is 5.59. The van der Waals surface area contributed by atoms with Gasteiger partial charge in [0, 0.05) is 25.2 Å². The molecule has 0 amide bonds. The van der Waals surface area contributed by atoms with Gasteiger partial charge in [0.2, 0.25) is 0 Å². The van der Waals surface area contributed by atoms with Crippen molar-refractivity contribution in [2.24, 2.45) is 5.73 Å². The Morgan fingerprint density at radius 2 is 2.22 bits per heavy atom. The van der Waals surface area contributed by atoms with Crippen molar-refractivity contribution < 1.29 is 0 Å². The molecule has 3 N–H and O–H groups in total. The van der Waals surface area contributed by atoms with E-state index in [1.807, 2.05) is 18.2 Å². The lowest BCUT2D eigenvalue weighted by Gasteiger charge is -2.16. The summed E-state index contributed by atoms with van der Waals surface area (Å²) in [4.78, 5) is 7.36. The molecule has 4 nitrogen and oxygen atoms in total. The molecular weight excluding hydrogens is 244 g/mol. The third kappa shape index (κ3) is 2.62. The standard InChI is InChI=1S/C13H18N4S/c14-13(18)11-2-1-3-12(16-11)15-9-6-7-17(8-9)10-4-5-10/h1-3,9-10H,4-8H2,(H2,14,18)(H,15,16). The molecule has 0 radical (unpaired) electrons. The number of hydrogen-bond donors (Lipinski definition) is 2. The van der Waals surface area contributed by atoms with Gasteiger partial charge >= 0.3 is 0 Å². The fourth-order valence-corrected chi connectivity index (χ4v) is 2.65. The van der Waals surface area contributed by atoms with Crippen LogP contribution in [-0.2, 0) is 0 Å². The first-order valence-corrected chi connectivity index (χ1v) is 6.90. The van der Waals surface area contributed by atoms with Crippen LogP contribution in [-0.4, -0.2) is 40.0 Å². The van der Waals surface area contributed by atoms with Gasteiger partial charge in [-0.1, -0.05) is 18.3 Å². The molecule has 0 spiro atoms. The molecule has 0 bridgehead atoms. The molecule has 1 aromatic rings. The van der Waals surface area contributed by atoms with Gasteiger partial charge in [0.1, 0.15) is 10.8 Å². The first-order valence-electron chi connectivity index (χ1n) is 6.50. The molecule has 1 unspecified atom stereocenters.